The van der Waals surface area contributed by atoms with E-state index in [1.807, 2.05) is 0 Å². The van der Waals surface area contributed by atoms with Gasteiger partial charge in [-0.1, -0.05) is 109 Å². The fourth-order valence-corrected chi connectivity index (χ4v) is 4.46. The Morgan fingerprint density at radius 1 is 0.600 bits per heavy atom. The summed E-state index contributed by atoms with van der Waals surface area (Å²) in [6.07, 6.45) is 30.7. The molecule has 0 fully saturated rings. The first-order valence-corrected chi connectivity index (χ1v) is 15.2. The Morgan fingerprint density at radius 2 is 1.06 bits per heavy atom. The predicted molar refractivity (Wildman–Crippen MR) is 149 cm³/mol. The molecule has 0 rings (SSSR count). The van der Waals surface area contributed by atoms with Crippen molar-refractivity contribution in [1.29, 1.82) is 0 Å². The van der Waals surface area contributed by atoms with Crippen LogP contribution in [0.4, 0.5) is 0 Å². The van der Waals surface area contributed by atoms with Gasteiger partial charge in [0.2, 0.25) is 0 Å². The molecule has 0 aliphatic heterocycles. The lowest BCUT2D eigenvalue weighted by Gasteiger charge is -2.18. The van der Waals surface area contributed by atoms with Gasteiger partial charge in [-0.05, 0) is 57.8 Å². The van der Waals surface area contributed by atoms with Crippen molar-refractivity contribution in [2.45, 2.75) is 174 Å². The minimum Gasteiger partial charge on any atom is -0.481 e. The van der Waals surface area contributed by atoms with Crippen LogP contribution in [0.1, 0.15) is 168 Å². The summed E-state index contributed by atoms with van der Waals surface area (Å²) in [7, 11) is 0. The topological polar surface area (TPSA) is 63.6 Å². The van der Waals surface area contributed by atoms with Crippen molar-refractivity contribution in [3.8, 4) is 0 Å². The van der Waals surface area contributed by atoms with Gasteiger partial charge in [0.15, 0.2) is 0 Å². The number of hydrogen-bond donors (Lipinski definition) is 1. The number of carbonyl (C=O) groups excluding carboxylic acids is 1. The smallest absolute Gasteiger partial charge is 0.306 e. The van der Waals surface area contributed by atoms with E-state index < -0.39 is 5.97 Å². The standard InChI is InChI=1S/C31H58O4/c1-3-5-7-9-11-13-14-15-16-18-20-22-28-31(34)35-29(26-23-24-27-30(32)33)25-21-19-17-12-10-8-6-4-2/h9,11,29H,3-8,10,12-28H2,1-2H3,(H,32,33)/b11-9-. The Kier molecular flexibility index (Phi) is 26.2. The molecule has 206 valence electrons. The summed E-state index contributed by atoms with van der Waals surface area (Å²) in [5, 5.41) is 8.85. The van der Waals surface area contributed by atoms with E-state index in [1.54, 1.807) is 0 Å². The highest BCUT2D eigenvalue weighted by atomic mass is 16.5. The number of allylic oxidation sites excluding steroid dienone is 2. The molecular weight excluding hydrogens is 436 g/mol. The van der Waals surface area contributed by atoms with E-state index in [1.165, 1.54) is 96.3 Å². The number of carboxylic acid groups (broad SMARTS) is 1. The Morgan fingerprint density at radius 3 is 1.66 bits per heavy atom. The zero-order valence-corrected chi connectivity index (χ0v) is 23.4. The van der Waals surface area contributed by atoms with Crippen molar-refractivity contribution in [2.75, 3.05) is 0 Å². The van der Waals surface area contributed by atoms with E-state index in [9.17, 15) is 9.59 Å². The number of carbonyl (C=O) groups is 2. The first-order valence-electron chi connectivity index (χ1n) is 15.2. The van der Waals surface area contributed by atoms with Gasteiger partial charge in [0.25, 0.3) is 0 Å². The first-order chi connectivity index (χ1) is 17.1. The molecule has 4 heteroatoms. The molecule has 0 aromatic heterocycles. The van der Waals surface area contributed by atoms with E-state index in [-0.39, 0.29) is 18.5 Å². The summed E-state index contributed by atoms with van der Waals surface area (Å²) >= 11 is 0. The zero-order chi connectivity index (χ0) is 25.8. The second kappa shape index (κ2) is 27.3. The second-order valence-electron chi connectivity index (χ2n) is 10.3. The molecular formula is C31H58O4. The van der Waals surface area contributed by atoms with Gasteiger partial charge in [-0.2, -0.15) is 0 Å². The van der Waals surface area contributed by atoms with Gasteiger partial charge in [0.05, 0.1) is 0 Å². The molecule has 4 nitrogen and oxygen atoms in total. The molecule has 0 radical (unpaired) electrons. The van der Waals surface area contributed by atoms with Crippen molar-refractivity contribution >= 4 is 11.9 Å². The largest absolute Gasteiger partial charge is 0.481 e. The molecule has 0 aromatic rings. The lowest BCUT2D eigenvalue weighted by atomic mass is 10.0. The summed E-state index contributed by atoms with van der Waals surface area (Å²) < 4.78 is 5.82. The summed E-state index contributed by atoms with van der Waals surface area (Å²) in [5.41, 5.74) is 0. The quantitative estimate of drug-likeness (QED) is 0.0701. The number of rotatable bonds is 27. The molecule has 0 saturated carbocycles. The number of hydrogen-bond acceptors (Lipinski definition) is 3. The zero-order valence-electron chi connectivity index (χ0n) is 23.4. The van der Waals surface area contributed by atoms with Crippen molar-refractivity contribution in [1.82, 2.24) is 0 Å². The fraction of sp³-hybridized carbons (Fsp3) is 0.871. The molecule has 0 aromatic carbocycles. The second-order valence-corrected chi connectivity index (χ2v) is 10.3. The Bertz CT molecular complexity index is 500. The Hall–Kier alpha value is -1.32. The summed E-state index contributed by atoms with van der Waals surface area (Å²) in [5.74, 6) is -0.810. The van der Waals surface area contributed by atoms with E-state index in [2.05, 4.69) is 26.0 Å². The molecule has 1 N–H and O–H groups in total. The highest BCUT2D eigenvalue weighted by Gasteiger charge is 2.14. The van der Waals surface area contributed by atoms with Crippen LogP contribution in [-0.2, 0) is 14.3 Å². The van der Waals surface area contributed by atoms with E-state index in [0.717, 1.165) is 38.5 Å². The van der Waals surface area contributed by atoms with Crippen LogP contribution in [0.3, 0.4) is 0 Å². The van der Waals surface area contributed by atoms with Crippen LogP contribution in [0.2, 0.25) is 0 Å². The minimum atomic E-state index is -0.745. The van der Waals surface area contributed by atoms with Crippen molar-refractivity contribution in [2.24, 2.45) is 0 Å². The number of esters is 1. The fourth-order valence-electron chi connectivity index (χ4n) is 4.46. The van der Waals surface area contributed by atoms with Gasteiger partial charge in [0, 0.05) is 12.8 Å². The minimum absolute atomic E-state index is 0.0400. The lowest BCUT2D eigenvalue weighted by molar-refractivity contribution is -0.150. The third kappa shape index (κ3) is 27.1. The van der Waals surface area contributed by atoms with E-state index in [4.69, 9.17) is 9.84 Å². The monoisotopic (exact) mass is 494 g/mol. The van der Waals surface area contributed by atoms with Crippen LogP contribution in [0.15, 0.2) is 12.2 Å². The average Bonchev–Trinajstić information content (AvgIpc) is 2.83. The number of aliphatic carboxylic acids is 1. The lowest BCUT2D eigenvalue weighted by Crippen LogP contribution is -2.18. The van der Waals surface area contributed by atoms with Crippen molar-refractivity contribution in [3.05, 3.63) is 12.2 Å². The molecule has 0 aliphatic rings. The summed E-state index contributed by atoms with van der Waals surface area (Å²) in [6.45, 7) is 4.48. The summed E-state index contributed by atoms with van der Waals surface area (Å²) in [4.78, 5) is 23.2. The van der Waals surface area contributed by atoms with Crippen molar-refractivity contribution < 1.29 is 19.4 Å². The normalized spacial score (nSPS) is 12.3. The van der Waals surface area contributed by atoms with Crippen LogP contribution in [0.5, 0.6) is 0 Å². The first kappa shape index (κ1) is 33.7. The highest BCUT2D eigenvalue weighted by molar-refractivity contribution is 5.69. The predicted octanol–water partition coefficient (Wildman–Crippen LogP) is 9.94. The maximum Gasteiger partial charge on any atom is 0.306 e. The molecule has 0 spiro atoms. The molecule has 1 unspecified atom stereocenters. The van der Waals surface area contributed by atoms with E-state index in [0.29, 0.717) is 12.8 Å². The molecule has 0 saturated heterocycles. The van der Waals surface area contributed by atoms with Crippen LogP contribution in [-0.4, -0.2) is 23.1 Å². The van der Waals surface area contributed by atoms with Gasteiger partial charge in [0.1, 0.15) is 6.10 Å². The van der Waals surface area contributed by atoms with Crippen LogP contribution in [0, 0.1) is 0 Å². The van der Waals surface area contributed by atoms with Gasteiger partial charge in [-0.15, -0.1) is 0 Å². The number of carboxylic acids is 1. The van der Waals surface area contributed by atoms with Gasteiger partial charge in [-0.3, -0.25) is 9.59 Å². The van der Waals surface area contributed by atoms with E-state index >= 15 is 0 Å². The number of unbranched alkanes of at least 4 members (excludes halogenated alkanes) is 16. The molecule has 0 aliphatic carbocycles. The van der Waals surface area contributed by atoms with Crippen LogP contribution < -0.4 is 0 Å². The highest BCUT2D eigenvalue weighted by Crippen LogP contribution is 2.18. The van der Waals surface area contributed by atoms with Crippen LogP contribution in [0.25, 0.3) is 0 Å². The molecule has 1 atom stereocenters. The average molecular weight is 495 g/mol. The van der Waals surface area contributed by atoms with Gasteiger partial charge in [-0.25, -0.2) is 0 Å². The Labute approximate surface area is 217 Å². The van der Waals surface area contributed by atoms with Crippen molar-refractivity contribution in [3.63, 3.8) is 0 Å². The molecule has 35 heavy (non-hydrogen) atoms. The van der Waals surface area contributed by atoms with Gasteiger partial charge < -0.3 is 9.84 Å². The molecule has 0 bridgehead atoms. The SMILES string of the molecule is CCCC/C=C\CCCCCCCCC(=O)OC(CCCCCCCCCC)CCCCC(=O)O. The third-order valence-corrected chi connectivity index (χ3v) is 6.74. The number of ether oxygens (including phenoxy) is 1. The van der Waals surface area contributed by atoms with Gasteiger partial charge >= 0.3 is 11.9 Å². The third-order valence-electron chi connectivity index (χ3n) is 6.74. The Balaban J connectivity index is 3.93. The maximum absolute atomic E-state index is 12.4. The molecule has 0 amide bonds. The van der Waals surface area contributed by atoms with Crippen LogP contribution >= 0.6 is 0 Å². The summed E-state index contributed by atoms with van der Waals surface area (Å²) in [6, 6.07) is 0. The molecule has 0 heterocycles. The maximum atomic E-state index is 12.4.